The number of urea groups is 1. The first-order chi connectivity index (χ1) is 14.1. The Balaban J connectivity index is 1.26. The first-order valence-corrected chi connectivity index (χ1v) is 10.1. The summed E-state index contributed by atoms with van der Waals surface area (Å²) in [5, 5.41) is 15.6. The van der Waals surface area contributed by atoms with Crippen LogP contribution in [0.5, 0.6) is 0 Å². The number of hydrogen-bond donors (Lipinski definition) is 2. The van der Waals surface area contributed by atoms with E-state index in [0.717, 1.165) is 48.8 Å². The van der Waals surface area contributed by atoms with Crippen molar-refractivity contribution in [3.63, 3.8) is 0 Å². The number of benzene rings is 1. The molecule has 1 unspecified atom stereocenters. The summed E-state index contributed by atoms with van der Waals surface area (Å²) in [7, 11) is 1.90. The SMILES string of the molecule is CCc1nc(CN2CCCC(NC(=O)NCc3ccc4cn(C)nc4c3)C2)no1. The fourth-order valence-corrected chi connectivity index (χ4v) is 3.73. The van der Waals surface area contributed by atoms with Crippen molar-refractivity contribution in [1.29, 1.82) is 0 Å². The molecule has 0 spiro atoms. The smallest absolute Gasteiger partial charge is 0.315 e. The molecule has 0 aliphatic carbocycles. The molecule has 9 heteroatoms. The van der Waals surface area contributed by atoms with Crippen molar-refractivity contribution < 1.29 is 9.32 Å². The number of carbonyl (C=O) groups excluding carboxylic acids is 1. The van der Waals surface area contributed by atoms with E-state index in [-0.39, 0.29) is 12.1 Å². The van der Waals surface area contributed by atoms with Gasteiger partial charge in [-0.05, 0) is 31.0 Å². The predicted octanol–water partition coefficient (Wildman–Crippen LogP) is 1.98. The molecule has 2 aromatic heterocycles. The molecule has 2 N–H and O–H groups in total. The van der Waals surface area contributed by atoms with Crippen LogP contribution in [0, 0.1) is 0 Å². The summed E-state index contributed by atoms with van der Waals surface area (Å²) in [6, 6.07) is 6.01. The normalized spacial score (nSPS) is 17.5. The second kappa shape index (κ2) is 8.60. The molecule has 3 aromatic rings. The second-order valence-electron chi connectivity index (χ2n) is 7.56. The van der Waals surface area contributed by atoms with E-state index in [1.54, 1.807) is 4.68 Å². The number of amides is 2. The molecule has 0 bridgehead atoms. The molecular formula is C20H27N7O2. The van der Waals surface area contributed by atoms with Crippen molar-refractivity contribution in [2.75, 3.05) is 13.1 Å². The Kier molecular flexibility index (Phi) is 5.75. The van der Waals surface area contributed by atoms with Gasteiger partial charge in [0.05, 0.1) is 12.1 Å². The van der Waals surface area contributed by atoms with Crippen LogP contribution in [0.3, 0.4) is 0 Å². The van der Waals surface area contributed by atoms with Crippen LogP contribution in [0.25, 0.3) is 10.9 Å². The Labute approximate surface area is 169 Å². The highest BCUT2D eigenvalue weighted by atomic mass is 16.5. The Morgan fingerprint density at radius 2 is 2.28 bits per heavy atom. The number of nitrogens with zero attached hydrogens (tertiary/aromatic N) is 5. The highest BCUT2D eigenvalue weighted by Crippen LogP contribution is 2.15. The van der Waals surface area contributed by atoms with E-state index in [1.165, 1.54) is 0 Å². The van der Waals surface area contributed by atoms with Crippen molar-refractivity contribution in [2.45, 2.75) is 45.3 Å². The maximum atomic E-state index is 12.4. The Morgan fingerprint density at radius 1 is 1.38 bits per heavy atom. The quantitative estimate of drug-likeness (QED) is 0.660. The van der Waals surface area contributed by atoms with Crippen molar-refractivity contribution >= 4 is 16.9 Å². The Hall–Kier alpha value is -2.94. The lowest BCUT2D eigenvalue weighted by atomic mass is 10.1. The summed E-state index contributed by atoms with van der Waals surface area (Å²) < 4.78 is 6.97. The molecule has 1 fully saturated rings. The van der Waals surface area contributed by atoms with E-state index in [1.807, 2.05) is 38.4 Å². The van der Waals surface area contributed by atoms with Gasteiger partial charge in [0.15, 0.2) is 5.82 Å². The minimum Gasteiger partial charge on any atom is -0.339 e. The van der Waals surface area contributed by atoms with Crippen LogP contribution in [0.4, 0.5) is 4.79 Å². The van der Waals surface area contributed by atoms with Crippen LogP contribution in [-0.2, 0) is 26.6 Å². The van der Waals surface area contributed by atoms with Gasteiger partial charge in [-0.25, -0.2) is 4.79 Å². The average molecular weight is 397 g/mol. The standard InChI is InChI=1S/C20H27N7O2/c1-3-19-23-18(25-29-19)13-27-8-4-5-16(12-27)22-20(28)21-10-14-6-7-15-11-26(2)24-17(15)9-14/h6-7,9,11,16H,3-5,8,10,12-13H2,1-2H3,(H2,21,22,28). The van der Waals surface area contributed by atoms with Gasteiger partial charge in [-0.1, -0.05) is 24.2 Å². The minimum absolute atomic E-state index is 0.111. The summed E-state index contributed by atoms with van der Waals surface area (Å²) in [5.41, 5.74) is 1.96. The van der Waals surface area contributed by atoms with Gasteiger partial charge in [-0.2, -0.15) is 10.1 Å². The molecule has 1 aromatic carbocycles. The van der Waals surface area contributed by atoms with Crippen LogP contribution in [0.1, 0.15) is 37.0 Å². The third kappa shape index (κ3) is 4.92. The van der Waals surface area contributed by atoms with E-state index >= 15 is 0 Å². The lowest BCUT2D eigenvalue weighted by Gasteiger charge is -2.32. The number of rotatable bonds is 6. The number of nitrogens with one attached hydrogen (secondary N) is 2. The maximum Gasteiger partial charge on any atom is 0.315 e. The highest BCUT2D eigenvalue weighted by Gasteiger charge is 2.22. The number of likely N-dealkylation sites (tertiary alicyclic amines) is 1. The van der Waals surface area contributed by atoms with E-state index in [0.29, 0.717) is 24.8 Å². The summed E-state index contributed by atoms with van der Waals surface area (Å²) in [6.07, 6.45) is 4.71. The van der Waals surface area contributed by atoms with E-state index in [2.05, 4.69) is 30.8 Å². The first-order valence-electron chi connectivity index (χ1n) is 10.1. The summed E-state index contributed by atoms with van der Waals surface area (Å²) >= 11 is 0. The number of aromatic nitrogens is 4. The summed E-state index contributed by atoms with van der Waals surface area (Å²) in [5.74, 6) is 1.37. The molecule has 1 aliphatic heterocycles. The molecule has 1 saturated heterocycles. The summed E-state index contributed by atoms with van der Waals surface area (Å²) in [4.78, 5) is 19.0. The molecule has 29 heavy (non-hydrogen) atoms. The largest absolute Gasteiger partial charge is 0.339 e. The Morgan fingerprint density at radius 3 is 3.10 bits per heavy atom. The average Bonchev–Trinajstić information content (AvgIpc) is 3.31. The van der Waals surface area contributed by atoms with Crippen LogP contribution in [0.2, 0.25) is 0 Å². The van der Waals surface area contributed by atoms with E-state index in [9.17, 15) is 4.79 Å². The highest BCUT2D eigenvalue weighted by molar-refractivity contribution is 5.79. The molecule has 1 aliphatic rings. The molecule has 9 nitrogen and oxygen atoms in total. The van der Waals surface area contributed by atoms with Crippen LogP contribution < -0.4 is 10.6 Å². The number of fused-ring (bicyclic) bond motifs is 1. The first kappa shape index (κ1) is 19.4. The molecule has 4 rings (SSSR count). The lowest BCUT2D eigenvalue weighted by Crippen LogP contribution is -2.50. The number of piperidine rings is 1. The molecule has 0 radical (unpaired) electrons. The summed E-state index contributed by atoms with van der Waals surface area (Å²) in [6.45, 7) is 4.86. The van der Waals surface area contributed by atoms with E-state index in [4.69, 9.17) is 4.52 Å². The van der Waals surface area contributed by atoms with Gasteiger partial charge in [-0.3, -0.25) is 9.58 Å². The number of aryl methyl sites for hydroxylation is 2. The van der Waals surface area contributed by atoms with Crippen molar-refractivity contribution in [2.24, 2.45) is 7.05 Å². The third-order valence-electron chi connectivity index (χ3n) is 5.16. The van der Waals surface area contributed by atoms with Gasteiger partial charge in [0.2, 0.25) is 5.89 Å². The van der Waals surface area contributed by atoms with Gasteiger partial charge in [0.1, 0.15) is 0 Å². The number of hydrogen-bond acceptors (Lipinski definition) is 6. The van der Waals surface area contributed by atoms with Crippen molar-refractivity contribution in [1.82, 2.24) is 35.5 Å². The lowest BCUT2D eigenvalue weighted by molar-refractivity contribution is 0.175. The van der Waals surface area contributed by atoms with Crippen molar-refractivity contribution in [3.05, 3.63) is 41.7 Å². The van der Waals surface area contributed by atoms with Crippen LogP contribution in [-0.4, -0.2) is 50.0 Å². The zero-order valence-electron chi connectivity index (χ0n) is 16.9. The van der Waals surface area contributed by atoms with Gasteiger partial charge >= 0.3 is 6.03 Å². The topological polar surface area (TPSA) is 101 Å². The molecule has 1 atom stereocenters. The molecule has 154 valence electrons. The van der Waals surface area contributed by atoms with Gasteiger partial charge in [0.25, 0.3) is 0 Å². The number of carbonyl (C=O) groups is 1. The predicted molar refractivity (Wildman–Crippen MR) is 108 cm³/mol. The minimum atomic E-state index is -0.147. The van der Waals surface area contributed by atoms with Crippen LogP contribution in [0.15, 0.2) is 28.9 Å². The third-order valence-corrected chi connectivity index (χ3v) is 5.16. The van der Waals surface area contributed by atoms with Gasteiger partial charge in [-0.15, -0.1) is 0 Å². The fourth-order valence-electron chi connectivity index (χ4n) is 3.73. The van der Waals surface area contributed by atoms with Gasteiger partial charge < -0.3 is 15.2 Å². The van der Waals surface area contributed by atoms with Crippen LogP contribution >= 0.6 is 0 Å². The van der Waals surface area contributed by atoms with Crippen molar-refractivity contribution in [3.8, 4) is 0 Å². The molecular weight excluding hydrogens is 370 g/mol. The molecule has 2 amide bonds. The molecule has 3 heterocycles. The van der Waals surface area contributed by atoms with Gasteiger partial charge in [0, 0.05) is 44.2 Å². The fraction of sp³-hybridized carbons (Fsp3) is 0.500. The monoisotopic (exact) mass is 397 g/mol. The zero-order chi connectivity index (χ0) is 20.2. The second-order valence-corrected chi connectivity index (χ2v) is 7.56. The zero-order valence-corrected chi connectivity index (χ0v) is 16.9. The maximum absolute atomic E-state index is 12.4. The van der Waals surface area contributed by atoms with E-state index < -0.39 is 0 Å². The molecule has 0 saturated carbocycles. The Bertz CT molecular complexity index is 980.